The summed E-state index contributed by atoms with van der Waals surface area (Å²) in [6.07, 6.45) is 1.23. The van der Waals surface area contributed by atoms with Crippen LogP contribution in [-0.2, 0) is 30.3 Å². The predicted octanol–water partition coefficient (Wildman–Crippen LogP) is 0.369. The summed E-state index contributed by atoms with van der Waals surface area (Å²) in [5, 5.41) is 2.63. The number of aromatic nitrogens is 1. The Bertz CT molecular complexity index is 603. The normalized spacial score (nSPS) is 10.5. The molecule has 0 fully saturated rings. The van der Waals surface area contributed by atoms with Gasteiger partial charge in [-0.25, -0.2) is 4.98 Å². The number of carbonyl (C=O) groups is 3. The van der Waals surface area contributed by atoms with Crippen molar-refractivity contribution in [1.29, 1.82) is 0 Å². The van der Waals surface area contributed by atoms with Crippen LogP contribution in [0.15, 0.2) is 10.7 Å². The summed E-state index contributed by atoms with van der Waals surface area (Å²) in [7, 11) is 3.06. The third kappa shape index (κ3) is 8.65. The second kappa shape index (κ2) is 12.8. The van der Waals surface area contributed by atoms with Crippen molar-refractivity contribution in [2.75, 3.05) is 47.1 Å². The molecular formula is C17H27N3O7. The summed E-state index contributed by atoms with van der Waals surface area (Å²) < 4.78 is 20.0. The molecule has 0 spiro atoms. The van der Waals surface area contributed by atoms with Crippen LogP contribution in [0.5, 0.6) is 0 Å². The molecule has 1 N–H and O–H groups in total. The third-order valence-electron chi connectivity index (χ3n) is 3.47. The van der Waals surface area contributed by atoms with E-state index in [0.29, 0.717) is 26.3 Å². The number of rotatable bonds is 13. The van der Waals surface area contributed by atoms with Crippen molar-refractivity contribution in [1.82, 2.24) is 15.2 Å². The molecule has 0 bridgehead atoms. The molecule has 0 aliphatic heterocycles. The number of nitrogens with zero attached hydrogens (tertiary/aromatic N) is 2. The molecule has 27 heavy (non-hydrogen) atoms. The fourth-order valence-electron chi connectivity index (χ4n) is 2.10. The van der Waals surface area contributed by atoms with E-state index < -0.39 is 5.97 Å². The van der Waals surface area contributed by atoms with E-state index in [4.69, 9.17) is 18.6 Å². The molecule has 152 valence electrons. The molecule has 0 saturated heterocycles. The quantitative estimate of drug-likeness (QED) is 0.382. The molecule has 10 heteroatoms. The summed E-state index contributed by atoms with van der Waals surface area (Å²) in [6, 6.07) is 0. The first kappa shape index (κ1) is 22.6. The van der Waals surface area contributed by atoms with Crippen LogP contribution >= 0.6 is 0 Å². The summed E-state index contributed by atoms with van der Waals surface area (Å²) in [5.41, 5.74) is 0.117. The maximum absolute atomic E-state index is 12.4. The Morgan fingerprint density at radius 3 is 2.59 bits per heavy atom. The highest BCUT2D eigenvalue weighted by Crippen LogP contribution is 2.09. The van der Waals surface area contributed by atoms with Crippen LogP contribution in [-0.4, -0.2) is 74.8 Å². The van der Waals surface area contributed by atoms with Crippen LogP contribution in [0.25, 0.3) is 0 Å². The van der Waals surface area contributed by atoms with Gasteiger partial charge in [0.1, 0.15) is 6.26 Å². The molecule has 0 unspecified atom stereocenters. The second-order valence-electron chi connectivity index (χ2n) is 5.49. The molecule has 0 aromatic carbocycles. The number of ether oxygens (including phenoxy) is 3. The molecule has 2 amide bonds. The van der Waals surface area contributed by atoms with Crippen LogP contribution in [0.1, 0.15) is 36.1 Å². The molecule has 1 rings (SSSR count). The van der Waals surface area contributed by atoms with E-state index in [1.54, 1.807) is 6.92 Å². The number of oxazole rings is 1. The lowest BCUT2D eigenvalue weighted by atomic mass is 10.2. The largest absolute Gasteiger partial charge is 0.466 e. The molecule has 0 radical (unpaired) electrons. The molecule has 1 aromatic heterocycles. The second-order valence-corrected chi connectivity index (χ2v) is 5.49. The first-order valence-corrected chi connectivity index (χ1v) is 8.65. The minimum atomic E-state index is -0.427. The van der Waals surface area contributed by atoms with E-state index in [1.165, 1.54) is 25.4 Å². The van der Waals surface area contributed by atoms with Gasteiger partial charge >= 0.3 is 5.97 Å². The number of hydrogen-bond acceptors (Lipinski definition) is 8. The van der Waals surface area contributed by atoms with Gasteiger partial charge in [0.2, 0.25) is 11.8 Å². The predicted molar refractivity (Wildman–Crippen MR) is 93.9 cm³/mol. The maximum atomic E-state index is 12.4. The Morgan fingerprint density at radius 2 is 1.93 bits per heavy atom. The summed E-state index contributed by atoms with van der Waals surface area (Å²) >= 11 is 0. The monoisotopic (exact) mass is 385 g/mol. The SMILES string of the molecule is CCOC(=O)CCC(=O)N(CCOC)Cc1nc(C(=O)NCCOC)co1. The molecule has 10 nitrogen and oxygen atoms in total. The van der Waals surface area contributed by atoms with Crippen molar-refractivity contribution in [3.63, 3.8) is 0 Å². The standard InChI is InChI=1S/C17H27N3O7/c1-4-26-16(22)6-5-15(21)20(8-10-25-3)11-14-19-13(12-27-14)17(23)18-7-9-24-2/h12H,4-11H2,1-3H3,(H,18,23). The van der Waals surface area contributed by atoms with Gasteiger partial charge in [-0.2, -0.15) is 0 Å². The Morgan fingerprint density at radius 1 is 1.19 bits per heavy atom. The van der Waals surface area contributed by atoms with Gasteiger partial charge in [-0.15, -0.1) is 0 Å². The van der Waals surface area contributed by atoms with E-state index in [-0.39, 0.29) is 49.4 Å². The zero-order chi connectivity index (χ0) is 20.1. The van der Waals surface area contributed by atoms with Crippen molar-refractivity contribution >= 4 is 17.8 Å². The Labute approximate surface area is 158 Å². The lowest BCUT2D eigenvalue weighted by molar-refractivity contribution is -0.146. The summed E-state index contributed by atoms with van der Waals surface area (Å²) in [4.78, 5) is 41.3. The van der Waals surface area contributed by atoms with Crippen molar-refractivity contribution in [3.8, 4) is 0 Å². The van der Waals surface area contributed by atoms with E-state index in [9.17, 15) is 14.4 Å². The van der Waals surface area contributed by atoms with E-state index in [2.05, 4.69) is 10.3 Å². The zero-order valence-corrected chi connectivity index (χ0v) is 16.0. The topological polar surface area (TPSA) is 120 Å². The van der Waals surface area contributed by atoms with Crippen LogP contribution in [0.4, 0.5) is 0 Å². The molecule has 1 heterocycles. The minimum absolute atomic E-state index is 0.00507. The Hall–Kier alpha value is -2.46. The number of amides is 2. The van der Waals surface area contributed by atoms with E-state index in [0.717, 1.165) is 0 Å². The van der Waals surface area contributed by atoms with E-state index >= 15 is 0 Å². The van der Waals surface area contributed by atoms with Crippen LogP contribution in [0.2, 0.25) is 0 Å². The summed E-state index contributed by atoms with van der Waals surface area (Å²) in [6.45, 7) is 3.39. The maximum Gasteiger partial charge on any atom is 0.306 e. The molecular weight excluding hydrogens is 358 g/mol. The van der Waals surface area contributed by atoms with Crippen LogP contribution < -0.4 is 5.32 Å². The first-order chi connectivity index (χ1) is 13.0. The Kier molecular flexibility index (Phi) is 10.7. The van der Waals surface area contributed by atoms with Crippen molar-refractivity contribution in [3.05, 3.63) is 17.8 Å². The molecule has 0 saturated carbocycles. The Balaban J connectivity index is 2.64. The van der Waals surface area contributed by atoms with Crippen molar-refractivity contribution in [2.45, 2.75) is 26.3 Å². The lowest BCUT2D eigenvalue weighted by Gasteiger charge is -2.20. The molecule has 1 aromatic rings. The van der Waals surface area contributed by atoms with Gasteiger partial charge < -0.3 is 28.8 Å². The van der Waals surface area contributed by atoms with Gasteiger partial charge in [0.15, 0.2) is 5.69 Å². The smallest absolute Gasteiger partial charge is 0.306 e. The highest BCUT2D eigenvalue weighted by atomic mass is 16.5. The van der Waals surface area contributed by atoms with Crippen LogP contribution in [0.3, 0.4) is 0 Å². The average molecular weight is 385 g/mol. The highest BCUT2D eigenvalue weighted by Gasteiger charge is 2.19. The minimum Gasteiger partial charge on any atom is -0.466 e. The highest BCUT2D eigenvalue weighted by molar-refractivity contribution is 5.91. The first-order valence-electron chi connectivity index (χ1n) is 8.65. The molecule has 0 aliphatic carbocycles. The van der Waals surface area contributed by atoms with Gasteiger partial charge in [-0.3, -0.25) is 14.4 Å². The van der Waals surface area contributed by atoms with Gasteiger partial charge in [0.25, 0.3) is 5.91 Å². The van der Waals surface area contributed by atoms with Crippen molar-refractivity contribution in [2.24, 2.45) is 0 Å². The number of hydrogen-bond donors (Lipinski definition) is 1. The van der Waals surface area contributed by atoms with Crippen molar-refractivity contribution < 1.29 is 33.0 Å². The number of nitrogens with one attached hydrogen (secondary N) is 1. The third-order valence-corrected chi connectivity index (χ3v) is 3.47. The number of esters is 1. The molecule has 0 atom stereocenters. The molecule has 0 aliphatic rings. The number of methoxy groups -OCH3 is 2. The fraction of sp³-hybridized carbons (Fsp3) is 0.647. The number of carbonyl (C=O) groups excluding carboxylic acids is 3. The summed E-state index contributed by atoms with van der Waals surface area (Å²) in [5.74, 6) is -0.861. The van der Waals surface area contributed by atoms with E-state index in [1.807, 2.05) is 0 Å². The fourth-order valence-corrected chi connectivity index (χ4v) is 2.10. The average Bonchev–Trinajstić information content (AvgIpc) is 3.12. The van der Waals surface area contributed by atoms with Gasteiger partial charge in [0, 0.05) is 33.7 Å². The van der Waals surface area contributed by atoms with Gasteiger partial charge in [-0.1, -0.05) is 0 Å². The lowest BCUT2D eigenvalue weighted by Crippen LogP contribution is -2.34. The van der Waals surface area contributed by atoms with Gasteiger partial charge in [0.05, 0.1) is 32.8 Å². The van der Waals surface area contributed by atoms with Gasteiger partial charge in [-0.05, 0) is 6.92 Å². The zero-order valence-electron chi connectivity index (χ0n) is 16.0. The van der Waals surface area contributed by atoms with Crippen LogP contribution in [0, 0.1) is 0 Å².